The van der Waals surface area contributed by atoms with Crippen LogP contribution in [0.4, 0.5) is 19.3 Å². The Morgan fingerprint density at radius 3 is 2.15 bits per heavy atom. The van der Waals surface area contributed by atoms with Crippen molar-refractivity contribution < 1.29 is 29.3 Å². The smallest absolute Gasteiger partial charge is 0.408 e. The van der Waals surface area contributed by atoms with Crippen LogP contribution in [-0.2, 0) is 14.3 Å². The van der Waals surface area contributed by atoms with Crippen molar-refractivity contribution in [3.8, 4) is 0 Å². The Balaban J connectivity index is 1.91. The molecule has 2 atom stereocenters. The summed E-state index contributed by atoms with van der Waals surface area (Å²) < 4.78 is 44.0. The van der Waals surface area contributed by atoms with E-state index in [0.717, 1.165) is 17.7 Å². The molecule has 41 heavy (non-hydrogen) atoms. The molecule has 3 amide bonds. The first kappa shape index (κ1) is 28.2. The Labute approximate surface area is 240 Å². The van der Waals surface area contributed by atoms with Gasteiger partial charge in [0.25, 0.3) is 5.91 Å². The number of nitrogens with zero attached hydrogens (tertiary/aromatic N) is 1. The highest BCUT2D eigenvalue weighted by molar-refractivity contribution is 6.31. The zero-order valence-corrected chi connectivity index (χ0v) is 23.5. The largest absolute Gasteiger partial charge is 0.443 e. The average molecular weight is 562 g/mol. The predicted molar refractivity (Wildman–Crippen MR) is 154 cm³/mol. The molecule has 0 aromatic heterocycles. The maximum absolute atomic E-state index is 14.2. The van der Waals surface area contributed by atoms with Crippen LogP contribution in [0.15, 0.2) is 78.4 Å². The number of rotatable bonds is 9. The molecule has 1 N–H and O–H groups in total. The maximum atomic E-state index is 14.2. The van der Waals surface area contributed by atoms with Crippen molar-refractivity contribution in [1.29, 1.82) is 0 Å². The van der Waals surface area contributed by atoms with Crippen molar-refractivity contribution in [2.45, 2.75) is 58.6 Å². The third-order valence-electron chi connectivity index (χ3n) is 7.58. The molecule has 1 fully saturated rings. The van der Waals surface area contributed by atoms with Gasteiger partial charge in [-0.05, 0) is 55.5 Å². The van der Waals surface area contributed by atoms with Crippen LogP contribution >= 0.6 is 0 Å². The standard InChI is InChI=1S/C33H34F2N2O4/c1-5-33(6-2,7-3)41-32(40)36-29(23-15-13-21(4)14-16-23)28-27(17-22-11-9-8-10-12-22)30(38)37(31(28)39)26-19-24(34)18-25(35)20-26/h8-20,28-29H,5-7H2,1-4H3,(H,36,40)/b27-17-/t28-,29-/m0/s1/i28D. The number of amides is 3. The summed E-state index contributed by atoms with van der Waals surface area (Å²) in [6, 6.07) is 16.4. The van der Waals surface area contributed by atoms with Crippen molar-refractivity contribution in [1.82, 2.24) is 5.32 Å². The van der Waals surface area contributed by atoms with E-state index in [9.17, 15) is 24.5 Å². The monoisotopic (exact) mass is 561 g/mol. The molecule has 1 saturated heterocycles. The Bertz CT molecular complexity index is 1480. The number of aryl methyl sites for hydroxylation is 1. The van der Waals surface area contributed by atoms with Gasteiger partial charge >= 0.3 is 6.09 Å². The van der Waals surface area contributed by atoms with Gasteiger partial charge in [-0.3, -0.25) is 9.59 Å². The van der Waals surface area contributed by atoms with Crippen LogP contribution < -0.4 is 10.2 Å². The number of hydrogen-bond donors (Lipinski definition) is 1. The van der Waals surface area contributed by atoms with Crippen LogP contribution in [0.2, 0.25) is 0 Å². The van der Waals surface area contributed by atoms with Gasteiger partial charge in [-0.1, -0.05) is 80.9 Å². The highest BCUT2D eigenvalue weighted by Gasteiger charge is 2.49. The molecule has 3 aromatic rings. The summed E-state index contributed by atoms with van der Waals surface area (Å²) >= 11 is 0. The number of carbonyl (C=O) groups excluding carboxylic acids is 3. The molecule has 214 valence electrons. The average Bonchev–Trinajstić information content (AvgIpc) is 3.16. The highest BCUT2D eigenvalue weighted by atomic mass is 19.1. The molecule has 0 aliphatic carbocycles. The highest BCUT2D eigenvalue weighted by Crippen LogP contribution is 2.40. The minimum Gasteiger partial charge on any atom is -0.443 e. The van der Waals surface area contributed by atoms with Gasteiger partial charge in [0, 0.05) is 13.0 Å². The van der Waals surface area contributed by atoms with Gasteiger partial charge in [-0.15, -0.1) is 0 Å². The Kier molecular flexibility index (Phi) is 8.57. The molecule has 0 bridgehead atoms. The summed E-state index contributed by atoms with van der Waals surface area (Å²) in [7, 11) is 0. The Morgan fingerprint density at radius 2 is 1.59 bits per heavy atom. The van der Waals surface area contributed by atoms with E-state index in [2.05, 4.69) is 5.32 Å². The third-order valence-corrected chi connectivity index (χ3v) is 7.58. The lowest BCUT2D eigenvalue weighted by Gasteiger charge is -2.32. The Hall–Kier alpha value is -4.33. The summed E-state index contributed by atoms with van der Waals surface area (Å²) in [4.78, 5) is 42.2. The van der Waals surface area contributed by atoms with E-state index in [1.807, 2.05) is 27.7 Å². The zero-order chi connectivity index (χ0) is 30.7. The van der Waals surface area contributed by atoms with Gasteiger partial charge in [0.05, 0.1) is 17.6 Å². The van der Waals surface area contributed by atoms with E-state index >= 15 is 0 Å². The molecular formula is C33H34F2N2O4. The molecule has 8 heteroatoms. The summed E-state index contributed by atoms with van der Waals surface area (Å²) in [5.74, 6) is -6.42. The van der Waals surface area contributed by atoms with Gasteiger partial charge in [-0.2, -0.15) is 0 Å². The molecule has 0 unspecified atom stereocenters. The van der Waals surface area contributed by atoms with Crippen LogP contribution in [-0.4, -0.2) is 23.5 Å². The lowest BCUT2D eigenvalue weighted by molar-refractivity contribution is -0.122. The number of alkyl carbamates (subject to hydrolysis) is 1. The minimum atomic E-state index is -2.43. The number of halogens is 2. The van der Waals surface area contributed by atoms with Gasteiger partial charge < -0.3 is 10.1 Å². The van der Waals surface area contributed by atoms with E-state index < -0.39 is 47.1 Å². The van der Waals surface area contributed by atoms with E-state index in [1.54, 1.807) is 54.6 Å². The van der Waals surface area contributed by atoms with Crippen LogP contribution in [0.5, 0.6) is 0 Å². The summed E-state index contributed by atoms with van der Waals surface area (Å²) in [6.45, 7) is 7.57. The van der Waals surface area contributed by atoms with E-state index in [0.29, 0.717) is 41.4 Å². The molecule has 0 spiro atoms. The quantitative estimate of drug-likeness (QED) is 0.220. The van der Waals surface area contributed by atoms with Crippen molar-refractivity contribution in [2.24, 2.45) is 5.89 Å². The van der Waals surface area contributed by atoms with Crippen LogP contribution in [0.3, 0.4) is 0 Å². The second-order valence-electron chi connectivity index (χ2n) is 10.1. The van der Waals surface area contributed by atoms with E-state index in [1.165, 1.54) is 6.08 Å². The Morgan fingerprint density at radius 1 is 1.00 bits per heavy atom. The molecule has 4 rings (SSSR count). The fourth-order valence-corrected chi connectivity index (χ4v) is 4.99. The van der Waals surface area contributed by atoms with Gasteiger partial charge in [-0.25, -0.2) is 18.5 Å². The van der Waals surface area contributed by atoms with Crippen molar-refractivity contribution in [2.75, 3.05) is 4.90 Å². The number of carbonyl (C=O) groups is 3. The lowest BCUT2D eigenvalue weighted by atomic mass is 9.87. The summed E-state index contributed by atoms with van der Waals surface area (Å²) in [6.07, 6.45) is 2.18. The molecule has 0 radical (unpaired) electrons. The molecule has 1 heterocycles. The number of benzene rings is 3. The van der Waals surface area contributed by atoms with Gasteiger partial charge in [0.15, 0.2) is 0 Å². The fraction of sp³-hybridized carbons (Fsp3) is 0.303. The summed E-state index contributed by atoms with van der Waals surface area (Å²) in [5, 5.41) is 2.72. The number of ether oxygens (including phenoxy) is 1. The van der Waals surface area contributed by atoms with Crippen molar-refractivity contribution in [3.05, 3.63) is 107 Å². The molecule has 3 aromatic carbocycles. The molecular weight excluding hydrogens is 526 g/mol. The third kappa shape index (κ3) is 6.37. The maximum Gasteiger partial charge on any atom is 0.408 e. The minimum absolute atomic E-state index is 0.276. The number of nitrogens with one attached hydrogen (secondary N) is 1. The number of anilines is 1. The molecule has 0 saturated carbocycles. The first-order chi connectivity index (χ1) is 20.0. The molecule has 6 nitrogen and oxygen atoms in total. The second kappa shape index (κ2) is 12.5. The topological polar surface area (TPSA) is 75.7 Å². The van der Waals surface area contributed by atoms with Gasteiger partial charge in [0.2, 0.25) is 5.91 Å². The predicted octanol–water partition coefficient (Wildman–Crippen LogP) is 7.28. The first-order valence-corrected chi connectivity index (χ1v) is 13.7. The SMILES string of the molecule is [2H][C@]1([C@@H](NC(=O)OC(CC)(CC)CC)c2ccc(C)cc2)C(=O)N(c2cc(F)cc(F)c2)C(=O)/C1=C\c1ccccc1. The lowest BCUT2D eigenvalue weighted by Crippen LogP contribution is -2.42. The van der Waals surface area contributed by atoms with Crippen molar-refractivity contribution in [3.63, 3.8) is 0 Å². The van der Waals surface area contributed by atoms with Crippen LogP contribution in [0, 0.1) is 24.5 Å². The normalized spacial score (nSPS) is 19.3. The van der Waals surface area contributed by atoms with Crippen LogP contribution in [0.25, 0.3) is 6.08 Å². The zero-order valence-electron chi connectivity index (χ0n) is 24.5. The number of hydrogen-bond acceptors (Lipinski definition) is 4. The second-order valence-corrected chi connectivity index (χ2v) is 10.1. The summed E-state index contributed by atoms with van der Waals surface area (Å²) in [5.41, 5.74) is 0.386. The fourth-order valence-electron chi connectivity index (χ4n) is 4.99. The van der Waals surface area contributed by atoms with E-state index in [-0.39, 0.29) is 11.3 Å². The van der Waals surface area contributed by atoms with Crippen LogP contribution in [0.1, 0.15) is 64.1 Å². The van der Waals surface area contributed by atoms with E-state index in [4.69, 9.17) is 4.74 Å². The molecule has 1 aliphatic heterocycles. The first-order valence-electron chi connectivity index (χ1n) is 14.2. The van der Waals surface area contributed by atoms with Gasteiger partial charge in [0.1, 0.15) is 17.2 Å². The molecule has 1 aliphatic rings. The van der Waals surface area contributed by atoms with Crippen molar-refractivity contribution >= 4 is 29.7 Å². The number of imide groups is 1.